The zero-order chi connectivity index (χ0) is 19.2. The van der Waals surface area contributed by atoms with Gasteiger partial charge in [0.1, 0.15) is 0 Å². The summed E-state index contributed by atoms with van der Waals surface area (Å²) in [6, 6.07) is 7.82. The molecule has 0 atom stereocenters. The average Bonchev–Trinajstić information content (AvgIpc) is 2.57. The molecule has 1 aromatic rings. The predicted molar refractivity (Wildman–Crippen MR) is 108 cm³/mol. The monoisotopic (exact) mass is 423 g/mol. The number of rotatable bonds is 6. The third kappa shape index (κ3) is 7.46. The van der Waals surface area contributed by atoms with Crippen molar-refractivity contribution in [2.45, 2.75) is 58.0 Å². The molecular formula is C20H30BrN3O2. The highest BCUT2D eigenvalue weighted by Gasteiger charge is 2.22. The highest BCUT2D eigenvalue weighted by atomic mass is 79.9. The van der Waals surface area contributed by atoms with Crippen LogP contribution in [0.15, 0.2) is 28.7 Å². The number of nitrogens with one attached hydrogen (secondary N) is 3. The molecule has 2 rings (SSSR count). The van der Waals surface area contributed by atoms with Gasteiger partial charge in [0.2, 0.25) is 5.91 Å². The summed E-state index contributed by atoms with van der Waals surface area (Å²) in [4.78, 5) is 24.1. The summed E-state index contributed by atoms with van der Waals surface area (Å²) in [6.07, 6.45) is 4.22. The van der Waals surface area contributed by atoms with Crippen LogP contribution in [0.5, 0.6) is 0 Å². The molecule has 6 heteroatoms. The molecule has 0 aliphatic heterocycles. The third-order valence-electron chi connectivity index (χ3n) is 4.55. The van der Waals surface area contributed by atoms with Crippen molar-refractivity contribution in [3.8, 4) is 0 Å². The minimum absolute atomic E-state index is 0.0228. The van der Waals surface area contributed by atoms with Crippen molar-refractivity contribution in [1.82, 2.24) is 16.0 Å². The Hall–Kier alpha value is -1.40. The quantitative estimate of drug-likeness (QED) is 0.657. The minimum atomic E-state index is -0.191. The summed E-state index contributed by atoms with van der Waals surface area (Å²) in [5.41, 5.74) is 0.489. The topological polar surface area (TPSA) is 70.2 Å². The van der Waals surface area contributed by atoms with E-state index in [1.165, 1.54) is 0 Å². The number of halogens is 1. The molecule has 1 saturated carbocycles. The summed E-state index contributed by atoms with van der Waals surface area (Å²) < 4.78 is 0.909. The van der Waals surface area contributed by atoms with Crippen molar-refractivity contribution in [3.05, 3.63) is 34.3 Å². The molecule has 0 heterocycles. The van der Waals surface area contributed by atoms with E-state index in [2.05, 4.69) is 31.9 Å². The van der Waals surface area contributed by atoms with Crippen LogP contribution in [0, 0.1) is 5.92 Å². The second-order valence-electron chi connectivity index (χ2n) is 8.12. The van der Waals surface area contributed by atoms with Crippen LogP contribution in [-0.4, -0.2) is 36.5 Å². The maximum absolute atomic E-state index is 12.2. The average molecular weight is 424 g/mol. The molecule has 1 aromatic carbocycles. The van der Waals surface area contributed by atoms with E-state index < -0.39 is 0 Å². The first-order valence-corrected chi connectivity index (χ1v) is 10.1. The molecule has 1 aliphatic carbocycles. The Morgan fingerprint density at radius 1 is 1.15 bits per heavy atom. The molecule has 2 amide bonds. The van der Waals surface area contributed by atoms with Gasteiger partial charge in [-0.25, -0.2) is 0 Å². The van der Waals surface area contributed by atoms with Crippen LogP contribution in [0.4, 0.5) is 0 Å². The number of carbonyl (C=O) groups is 2. The number of hydrogen-bond acceptors (Lipinski definition) is 3. The molecule has 0 saturated heterocycles. The zero-order valence-corrected chi connectivity index (χ0v) is 17.5. The smallest absolute Gasteiger partial charge is 0.251 e. The summed E-state index contributed by atoms with van der Waals surface area (Å²) in [6.45, 7) is 7.03. The highest BCUT2D eigenvalue weighted by Crippen LogP contribution is 2.23. The van der Waals surface area contributed by atoms with Crippen LogP contribution >= 0.6 is 15.9 Å². The lowest BCUT2D eigenvalue weighted by Gasteiger charge is -2.29. The molecule has 1 fully saturated rings. The summed E-state index contributed by atoms with van der Waals surface area (Å²) >= 11 is 3.39. The fourth-order valence-corrected chi connectivity index (χ4v) is 3.64. The lowest BCUT2D eigenvalue weighted by Crippen LogP contribution is -2.47. The number of hydrogen-bond donors (Lipinski definition) is 3. The standard InChI is InChI=1S/C20H30BrN3O2/c1-20(2,3)24-18(25)13-22-17-9-7-14(8-10-17)12-23-19(26)15-5-4-6-16(21)11-15/h4-6,11,14,17,22H,7-10,12-13H2,1-3H3,(H,23,26)(H,24,25)/t14-,17-. The Bertz CT molecular complexity index is 620. The number of benzene rings is 1. The van der Waals surface area contributed by atoms with Crippen molar-refractivity contribution in [2.75, 3.05) is 13.1 Å². The van der Waals surface area contributed by atoms with Crippen LogP contribution in [0.25, 0.3) is 0 Å². The Morgan fingerprint density at radius 3 is 2.46 bits per heavy atom. The normalized spacial score (nSPS) is 20.5. The van der Waals surface area contributed by atoms with Crippen molar-refractivity contribution >= 4 is 27.7 Å². The Morgan fingerprint density at radius 2 is 1.85 bits per heavy atom. The molecule has 5 nitrogen and oxygen atoms in total. The van der Waals surface area contributed by atoms with Crippen LogP contribution < -0.4 is 16.0 Å². The first-order chi connectivity index (χ1) is 12.2. The summed E-state index contributed by atoms with van der Waals surface area (Å²) in [5.74, 6) is 0.527. The molecule has 0 unspecified atom stereocenters. The molecule has 26 heavy (non-hydrogen) atoms. The Kier molecular flexibility index (Phi) is 7.65. The third-order valence-corrected chi connectivity index (χ3v) is 5.04. The van der Waals surface area contributed by atoms with Gasteiger partial charge in [0, 0.05) is 28.2 Å². The highest BCUT2D eigenvalue weighted by molar-refractivity contribution is 9.10. The Labute approximate surface area is 164 Å². The minimum Gasteiger partial charge on any atom is -0.352 e. The van der Waals surface area contributed by atoms with Gasteiger partial charge in [-0.05, 0) is 70.6 Å². The van der Waals surface area contributed by atoms with Gasteiger partial charge in [-0.15, -0.1) is 0 Å². The summed E-state index contributed by atoms with van der Waals surface area (Å²) in [7, 11) is 0. The van der Waals surface area contributed by atoms with Gasteiger partial charge in [0.25, 0.3) is 5.91 Å². The molecule has 0 aromatic heterocycles. The van der Waals surface area contributed by atoms with E-state index in [9.17, 15) is 9.59 Å². The van der Waals surface area contributed by atoms with Gasteiger partial charge in [0.15, 0.2) is 0 Å². The van der Waals surface area contributed by atoms with E-state index in [1.54, 1.807) is 0 Å². The zero-order valence-electron chi connectivity index (χ0n) is 15.9. The summed E-state index contributed by atoms with van der Waals surface area (Å²) in [5, 5.41) is 9.37. The largest absolute Gasteiger partial charge is 0.352 e. The van der Waals surface area contributed by atoms with Gasteiger partial charge in [-0.1, -0.05) is 22.0 Å². The van der Waals surface area contributed by atoms with E-state index in [0.717, 1.165) is 30.2 Å². The van der Waals surface area contributed by atoms with Crippen molar-refractivity contribution in [2.24, 2.45) is 5.92 Å². The molecule has 3 N–H and O–H groups in total. The van der Waals surface area contributed by atoms with Gasteiger partial charge in [0.05, 0.1) is 6.54 Å². The van der Waals surface area contributed by atoms with E-state index >= 15 is 0 Å². The van der Waals surface area contributed by atoms with E-state index in [0.29, 0.717) is 30.6 Å². The number of carbonyl (C=O) groups excluding carboxylic acids is 2. The second-order valence-corrected chi connectivity index (χ2v) is 9.03. The van der Waals surface area contributed by atoms with Crippen molar-refractivity contribution in [3.63, 3.8) is 0 Å². The lowest BCUT2D eigenvalue weighted by atomic mass is 9.86. The van der Waals surface area contributed by atoms with Crippen LogP contribution in [0.2, 0.25) is 0 Å². The van der Waals surface area contributed by atoms with Crippen molar-refractivity contribution < 1.29 is 9.59 Å². The van der Waals surface area contributed by atoms with Crippen LogP contribution in [0.1, 0.15) is 56.8 Å². The fraction of sp³-hybridized carbons (Fsp3) is 0.600. The maximum Gasteiger partial charge on any atom is 0.251 e. The first kappa shape index (κ1) is 20.9. The van der Waals surface area contributed by atoms with E-state index in [-0.39, 0.29) is 17.4 Å². The van der Waals surface area contributed by atoms with Gasteiger partial charge in [-0.2, -0.15) is 0 Å². The van der Waals surface area contributed by atoms with Crippen LogP contribution in [-0.2, 0) is 4.79 Å². The van der Waals surface area contributed by atoms with Gasteiger partial charge >= 0.3 is 0 Å². The molecule has 1 aliphatic rings. The molecular weight excluding hydrogens is 394 g/mol. The Balaban J connectivity index is 1.65. The molecule has 144 valence electrons. The van der Waals surface area contributed by atoms with Crippen molar-refractivity contribution in [1.29, 1.82) is 0 Å². The fourth-order valence-electron chi connectivity index (χ4n) is 3.24. The lowest BCUT2D eigenvalue weighted by molar-refractivity contribution is -0.121. The predicted octanol–water partition coefficient (Wildman–Crippen LogP) is 3.24. The van der Waals surface area contributed by atoms with E-state index in [4.69, 9.17) is 0 Å². The molecule has 0 radical (unpaired) electrons. The van der Waals surface area contributed by atoms with Gasteiger partial charge < -0.3 is 16.0 Å². The second kappa shape index (κ2) is 9.51. The van der Waals surface area contributed by atoms with E-state index in [1.807, 2.05) is 45.0 Å². The molecule has 0 bridgehead atoms. The van der Waals surface area contributed by atoms with Gasteiger partial charge in [-0.3, -0.25) is 9.59 Å². The maximum atomic E-state index is 12.2. The number of amides is 2. The molecule has 0 spiro atoms. The first-order valence-electron chi connectivity index (χ1n) is 9.31. The van der Waals surface area contributed by atoms with Crippen LogP contribution in [0.3, 0.4) is 0 Å². The SMILES string of the molecule is CC(C)(C)NC(=O)CN[C@H]1CC[C@H](CNC(=O)c2cccc(Br)c2)CC1.